The Labute approximate surface area is 177 Å². The molecule has 3 heterocycles. The standard InChI is InChI=1S/C18H19N5O5S2/c1-13(17-19-20-18(28-17)16-6-3-11-29-16)21-7-9-22(10-8-21)30(26,27)15-5-2-4-14(12-15)23(24)25/h2-6,11-13H,7-10H2,1H3. The lowest BCUT2D eigenvalue weighted by molar-refractivity contribution is -0.385. The maximum atomic E-state index is 12.9. The molecule has 4 rings (SSSR count). The van der Waals surface area contributed by atoms with Gasteiger partial charge in [-0.2, -0.15) is 4.31 Å². The van der Waals surface area contributed by atoms with Crippen molar-refractivity contribution in [3.8, 4) is 10.8 Å². The number of thiophene rings is 1. The number of piperazine rings is 1. The Balaban J connectivity index is 1.43. The maximum Gasteiger partial charge on any atom is 0.270 e. The first-order valence-electron chi connectivity index (χ1n) is 9.22. The third-order valence-electron chi connectivity index (χ3n) is 5.02. The van der Waals surface area contributed by atoms with Crippen LogP contribution in [0.1, 0.15) is 18.9 Å². The smallest absolute Gasteiger partial charge is 0.270 e. The van der Waals surface area contributed by atoms with Crippen molar-refractivity contribution in [2.75, 3.05) is 26.2 Å². The molecular formula is C18H19N5O5S2. The summed E-state index contributed by atoms with van der Waals surface area (Å²) in [6.07, 6.45) is 0. The van der Waals surface area contributed by atoms with Gasteiger partial charge < -0.3 is 4.42 Å². The second-order valence-corrected chi connectivity index (χ2v) is 9.68. The van der Waals surface area contributed by atoms with E-state index in [0.717, 1.165) is 10.9 Å². The summed E-state index contributed by atoms with van der Waals surface area (Å²) in [6.45, 7) is 3.43. The summed E-state index contributed by atoms with van der Waals surface area (Å²) in [5.41, 5.74) is -0.249. The van der Waals surface area contributed by atoms with Crippen molar-refractivity contribution < 1.29 is 17.8 Å². The Kier molecular flexibility index (Phi) is 5.64. The quantitative estimate of drug-likeness (QED) is 0.416. The van der Waals surface area contributed by atoms with Crippen LogP contribution in [0.15, 0.2) is 51.1 Å². The third-order valence-corrected chi connectivity index (χ3v) is 7.77. The second kappa shape index (κ2) is 8.22. The lowest BCUT2D eigenvalue weighted by Gasteiger charge is -2.36. The van der Waals surface area contributed by atoms with Crippen LogP contribution in [-0.4, -0.2) is 58.9 Å². The normalized spacial score (nSPS) is 17.1. The fraction of sp³-hybridized carbons (Fsp3) is 0.333. The lowest BCUT2D eigenvalue weighted by Crippen LogP contribution is -2.49. The number of sulfonamides is 1. The van der Waals surface area contributed by atoms with Crippen LogP contribution in [0.4, 0.5) is 5.69 Å². The van der Waals surface area contributed by atoms with E-state index in [4.69, 9.17) is 4.42 Å². The highest BCUT2D eigenvalue weighted by Gasteiger charge is 2.32. The number of hydrogen-bond donors (Lipinski definition) is 0. The van der Waals surface area contributed by atoms with Crippen LogP contribution in [0, 0.1) is 10.1 Å². The van der Waals surface area contributed by atoms with E-state index in [-0.39, 0.29) is 29.7 Å². The van der Waals surface area contributed by atoms with Gasteiger partial charge in [-0.25, -0.2) is 8.42 Å². The zero-order valence-electron chi connectivity index (χ0n) is 16.0. The van der Waals surface area contributed by atoms with E-state index in [1.165, 1.54) is 33.8 Å². The molecule has 0 N–H and O–H groups in total. The number of nitrogens with zero attached hydrogens (tertiary/aromatic N) is 5. The molecule has 0 spiro atoms. The largest absolute Gasteiger partial charge is 0.418 e. The van der Waals surface area contributed by atoms with E-state index in [1.54, 1.807) is 0 Å². The van der Waals surface area contributed by atoms with Gasteiger partial charge >= 0.3 is 0 Å². The van der Waals surface area contributed by atoms with Gasteiger partial charge in [0.2, 0.25) is 15.9 Å². The zero-order valence-corrected chi connectivity index (χ0v) is 17.7. The van der Waals surface area contributed by atoms with Gasteiger partial charge in [0.05, 0.1) is 20.7 Å². The van der Waals surface area contributed by atoms with Crippen LogP contribution in [0.25, 0.3) is 10.8 Å². The first-order chi connectivity index (χ1) is 14.4. The van der Waals surface area contributed by atoms with E-state index in [0.29, 0.717) is 24.9 Å². The number of rotatable bonds is 6. The highest BCUT2D eigenvalue weighted by molar-refractivity contribution is 7.89. The Bertz CT molecular complexity index is 1140. The monoisotopic (exact) mass is 449 g/mol. The summed E-state index contributed by atoms with van der Waals surface area (Å²) < 4.78 is 32.9. The molecule has 158 valence electrons. The average molecular weight is 450 g/mol. The van der Waals surface area contributed by atoms with E-state index in [2.05, 4.69) is 15.1 Å². The predicted octanol–water partition coefficient (Wildman–Crippen LogP) is 2.77. The highest BCUT2D eigenvalue weighted by atomic mass is 32.2. The molecule has 1 saturated heterocycles. The average Bonchev–Trinajstić information content (AvgIpc) is 3.45. The van der Waals surface area contributed by atoms with Gasteiger partial charge in [-0.05, 0) is 24.4 Å². The summed E-state index contributed by atoms with van der Waals surface area (Å²) in [7, 11) is -3.81. The molecule has 2 aromatic heterocycles. The molecule has 0 bridgehead atoms. The Morgan fingerprint density at radius 2 is 1.93 bits per heavy atom. The van der Waals surface area contributed by atoms with E-state index in [1.807, 2.05) is 24.4 Å². The molecule has 0 aliphatic carbocycles. The van der Waals surface area contributed by atoms with Crippen molar-refractivity contribution in [2.45, 2.75) is 17.9 Å². The van der Waals surface area contributed by atoms with E-state index >= 15 is 0 Å². The Morgan fingerprint density at radius 3 is 2.60 bits per heavy atom. The second-order valence-electron chi connectivity index (χ2n) is 6.79. The molecule has 10 nitrogen and oxygen atoms in total. The minimum absolute atomic E-state index is 0.0734. The fourth-order valence-electron chi connectivity index (χ4n) is 3.30. The summed E-state index contributed by atoms with van der Waals surface area (Å²) in [4.78, 5) is 13.3. The molecular weight excluding hydrogens is 430 g/mol. The number of aromatic nitrogens is 2. The summed E-state index contributed by atoms with van der Waals surface area (Å²) in [6, 6.07) is 8.78. The molecule has 0 amide bonds. The third kappa shape index (κ3) is 3.99. The van der Waals surface area contributed by atoms with Crippen LogP contribution in [0.2, 0.25) is 0 Å². The van der Waals surface area contributed by atoms with Crippen molar-refractivity contribution in [1.29, 1.82) is 0 Å². The molecule has 1 aromatic carbocycles. The van der Waals surface area contributed by atoms with Gasteiger partial charge in [0.15, 0.2) is 0 Å². The van der Waals surface area contributed by atoms with Crippen LogP contribution < -0.4 is 0 Å². The first-order valence-corrected chi connectivity index (χ1v) is 11.5. The van der Waals surface area contributed by atoms with Gasteiger partial charge in [-0.3, -0.25) is 15.0 Å². The van der Waals surface area contributed by atoms with Gasteiger partial charge in [0.25, 0.3) is 11.6 Å². The zero-order chi connectivity index (χ0) is 21.3. The number of nitro groups is 1. The molecule has 30 heavy (non-hydrogen) atoms. The van der Waals surface area contributed by atoms with Crippen molar-refractivity contribution in [3.63, 3.8) is 0 Å². The number of benzene rings is 1. The van der Waals surface area contributed by atoms with Gasteiger partial charge in [-0.15, -0.1) is 21.5 Å². The number of hydrogen-bond acceptors (Lipinski definition) is 9. The van der Waals surface area contributed by atoms with Crippen LogP contribution in [0.3, 0.4) is 0 Å². The molecule has 0 saturated carbocycles. The van der Waals surface area contributed by atoms with E-state index in [9.17, 15) is 18.5 Å². The lowest BCUT2D eigenvalue weighted by atomic mass is 10.2. The molecule has 3 aromatic rings. The first kappa shape index (κ1) is 20.6. The van der Waals surface area contributed by atoms with Gasteiger partial charge in [0.1, 0.15) is 0 Å². The van der Waals surface area contributed by atoms with E-state index < -0.39 is 14.9 Å². The summed E-state index contributed by atoms with van der Waals surface area (Å²) in [5, 5.41) is 21.1. The van der Waals surface area contributed by atoms with Crippen LogP contribution in [-0.2, 0) is 10.0 Å². The maximum absolute atomic E-state index is 12.9. The Hall–Kier alpha value is -2.67. The highest BCUT2D eigenvalue weighted by Crippen LogP contribution is 2.28. The fourth-order valence-corrected chi connectivity index (χ4v) is 5.40. The minimum Gasteiger partial charge on any atom is -0.418 e. The van der Waals surface area contributed by atoms with Crippen molar-refractivity contribution in [1.82, 2.24) is 19.4 Å². The predicted molar refractivity (Wildman–Crippen MR) is 109 cm³/mol. The van der Waals surface area contributed by atoms with Crippen molar-refractivity contribution >= 4 is 27.0 Å². The summed E-state index contributed by atoms with van der Waals surface area (Å²) in [5.74, 6) is 0.951. The number of non-ortho nitro benzene ring substituents is 1. The molecule has 1 aliphatic heterocycles. The summed E-state index contributed by atoms with van der Waals surface area (Å²) >= 11 is 1.51. The Morgan fingerprint density at radius 1 is 1.17 bits per heavy atom. The topological polar surface area (TPSA) is 123 Å². The van der Waals surface area contributed by atoms with Crippen LogP contribution >= 0.6 is 11.3 Å². The minimum atomic E-state index is -3.81. The van der Waals surface area contributed by atoms with Gasteiger partial charge in [0, 0.05) is 38.3 Å². The molecule has 1 unspecified atom stereocenters. The molecule has 12 heteroatoms. The number of nitro benzene ring substituents is 1. The van der Waals surface area contributed by atoms with Crippen molar-refractivity contribution in [3.05, 3.63) is 57.8 Å². The molecule has 1 aliphatic rings. The van der Waals surface area contributed by atoms with Gasteiger partial charge in [-0.1, -0.05) is 12.1 Å². The van der Waals surface area contributed by atoms with Crippen LogP contribution in [0.5, 0.6) is 0 Å². The SMILES string of the molecule is CC(c1nnc(-c2cccs2)o1)N1CCN(S(=O)(=O)c2cccc([N+](=O)[O-])c2)CC1. The molecule has 1 fully saturated rings. The molecule has 1 atom stereocenters. The van der Waals surface area contributed by atoms with Crippen molar-refractivity contribution in [2.24, 2.45) is 0 Å². The molecule has 0 radical (unpaired) electrons.